The van der Waals surface area contributed by atoms with E-state index in [1.54, 1.807) is 0 Å². The van der Waals surface area contributed by atoms with Gasteiger partial charge in [-0.2, -0.15) is 0 Å². The van der Waals surface area contributed by atoms with Gasteiger partial charge in [0.1, 0.15) is 12.1 Å². The number of hydrogen-bond acceptors (Lipinski definition) is 8. The highest BCUT2D eigenvalue weighted by Gasteiger charge is 2.28. The molecule has 0 fully saturated rings. The number of nitrogens with zero attached hydrogens (tertiary/aromatic N) is 2. The minimum Gasteiger partial charge on any atom is -0.481 e. The zero-order chi connectivity index (χ0) is 26.5. The number of benzene rings is 1. The van der Waals surface area contributed by atoms with E-state index in [1.807, 2.05) is 0 Å². The molecule has 0 aliphatic rings. The normalized spacial score (nSPS) is 13.1. The number of carboxylic acids is 2. The average Bonchev–Trinajstić information content (AvgIpc) is 2.78. The number of carbonyl (C=O) groups is 4. The van der Waals surface area contributed by atoms with E-state index in [-0.39, 0.29) is 50.3 Å². The highest BCUT2D eigenvalue weighted by molar-refractivity contribution is 5.92. The van der Waals surface area contributed by atoms with Crippen LogP contribution in [0.15, 0.2) is 29.3 Å². The van der Waals surface area contributed by atoms with Crippen LogP contribution in [0.5, 0.6) is 0 Å². The lowest BCUT2D eigenvalue weighted by Crippen LogP contribution is -2.54. The number of non-ortho nitro benzene ring substituents is 1. The summed E-state index contributed by atoms with van der Waals surface area (Å²) in [6.07, 6.45) is -0.413. The lowest BCUT2D eigenvalue weighted by Gasteiger charge is -2.23. The predicted octanol–water partition coefficient (Wildman–Crippen LogP) is -1.56. The first kappa shape index (κ1) is 28.8. The summed E-state index contributed by atoms with van der Waals surface area (Å²) in [5, 5.41) is 33.8. The first-order valence-electron chi connectivity index (χ1n) is 10.5. The summed E-state index contributed by atoms with van der Waals surface area (Å²) >= 11 is 0. The number of nitro groups is 1. The lowest BCUT2D eigenvalue weighted by atomic mass is 10.0. The van der Waals surface area contributed by atoms with Crippen molar-refractivity contribution in [1.82, 2.24) is 10.6 Å². The number of amides is 2. The van der Waals surface area contributed by atoms with Crippen molar-refractivity contribution in [2.45, 2.75) is 50.2 Å². The number of aliphatic carboxylic acids is 2. The largest absolute Gasteiger partial charge is 0.481 e. The third kappa shape index (κ3) is 10.9. The van der Waals surface area contributed by atoms with Crippen molar-refractivity contribution in [3.8, 4) is 0 Å². The monoisotopic (exact) mass is 495 g/mol. The molecule has 0 aliphatic carbocycles. The molecule has 15 heteroatoms. The van der Waals surface area contributed by atoms with Crippen LogP contribution in [-0.2, 0) is 25.6 Å². The zero-order valence-corrected chi connectivity index (χ0v) is 18.8. The first-order chi connectivity index (χ1) is 16.4. The smallest absolute Gasteiger partial charge is 0.326 e. The molecule has 192 valence electrons. The number of carbonyl (C=O) groups excluding carboxylic acids is 2. The van der Waals surface area contributed by atoms with Crippen LogP contribution in [0, 0.1) is 10.1 Å². The Balaban J connectivity index is 2.92. The molecule has 1 aromatic rings. The molecule has 1 aromatic carbocycles. The van der Waals surface area contributed by atoms with E-state index in [2.05, 4.69) is 15.6 Å². The molecule has 0 aliphatic heterocycles. The van der Waals surface area contributed by atoms with E-state index in [0.717, 1.165) is 0 Å². The molecule has 0 spiro atoms. The molecule has 0 aromatic heterocycles. The van der Waals surface area contributed by atoms with Crippen LogP contribution in [0.2, 0.25) is 0 Å². The number of rotatable bonds is 15. The molecule has 0 bridgehead atoms. The van der Waals surface area contributed by atoms with Crippen molar-refractivity contribution in [3.05, 3.63) is 39.9 Å². The second-order valence-electron chi connectivity index (χ2n) is 7.58. The van der Waals surface area contributed by atoms with Crippen molar-refractivity contribution < 1.29 is 34.3 Å². The zero-order valence-electron chi connectivity index (χ0n) is 18.8. The Kier molecular flexibility index (Phi) is 11.6. The highest BCUT2D eigenvalue weighted by atomic mass is 16.6. The first-order valence-corrected chi connectivity index (χ1v) is 10.5. The van der Waals surface area contributed by atoms with Gasteiger partial charge < -0.3 is 38.0 Å². The summed E-state index contributed by atoms with van der Waals surface area (Å²) in [5.74, 6) is -4.27. The molecule has 3 atom stereocenters. The molecule has 35 heavy (non-hydrogen) atoms. The maximum atomic E-state index is 12.8. The van der Waals surface area contributed by atoms with Gasteiger partial charge in [-0.15, -0.1) is 0 Å². The van der Waals surface area contributed by atoms with Gasteiger partial charge in [-0.3, -0.25) is 29.5 Å². The predicted molar refractivity (Wildman–Crippen MR) is 123 cm³/mol. The van der Waals surface area contributed by atoms with Crippen molar-refractivity contribution in [2.24, 2.45) is 22.2 Å². The van der Waals surface area contributed by atoms with E-state index in [0.29, 0.717) is 5.56 Å². The molecule has 15 nitrogen and oxygen atoms in total. The molecule has 2 amide bonds. The Morgan fingerprint density at radius 2 is 1.60 bits per heavy atom. The molecule has 10 N–H and O–H groups in total. The SMILES string of the molecule is NC(N)=NCCC[C@H](NC(=O)[C@@H](N)CCC(=O)O)C(=O)N[C@@H](Cc1ccc([N+](=O)[O-])cc1)C(=O)O. The Labute approximate surface area is 199 Å². The van der Waals surface area contributed by atoms with E-state index in [1.165, 1.54) is 24.3 Å². The minimum atomic E-state index is -1.40. The van der Waals surface area contributed by atoms with Gasteiger partial charge in [0.15, 0.2) is 5.96 Å². The van der Waals surface area contributed by atoms with Crippen LogP contribution in [0.3, 0.4) is 0 Å². The summed E-state index contributed by atoms with van der Waals surface area (Å²) < 4.78 is 0. The van der Waals surface area contributed by atoms with Gasteiger partial charge in [0.05, 0.1) is 11.0 Å². The fraction of sp³-hybridized carbons (Fsp3) is 0.450. The molecule has 0 saturated heterocycles. The topological polar surface area (TPSA) is 266 Å². The number of guanidine groups is 1. The quantitative estimate of drug-likeness (QED) is 0.0480. The minimum absolute atomic E-state index is 0.0316. The fourth-order valence-electron chi connectivity index (χ4n) is 2.92. The summed E-state index contributed by atoms with van der Waals surface area (Å²) in [6, 6.07) is 1.36. The van der Waals surface area contributed by atoms with E-state index >= 15 is 0 Å². The van der Waals surface area contributed by atoms with Crippen LogP contribution < -0.4 is 27.8 Å². The van der Waals surface area contributed by atoms with Crippen molar-refractivity contribution in [2.75, 3.05) is 6.54 Å². The van der Waals surface area contributed by atoms with Crippen molar-refractivity contribution in [1.29, 1.82) is 0 Å². The lowest BCUT2D eigenvalue weighted by molar-refractivity contribution is -0.384. The third-order valence-corrected chi connectivity index (χ3v) is 4.79. The second kappa shape index (κ2) is 14.1. The standard InChI is InChI=1S/C20H29N7O8/c21-13(7-8-16(28)29)17(30)25-14(2-1-9-24-20(22)23)18(31)26-15(19(32)33)10-11-3-5-12(6-4-11)27(34)35/h3-6,13-15H,1-2,7-10,21H2,(H,25,30)(H,26,31)(H,28,29)(H,32,33)(H4,22,23,24)/t13-,14-,15-/m0/s1. The highest BCUT2D eigenvalue weighted by Crippen LogP contribution is 2.13. The summed E-state index contributed by atoms with van der Waals surface area (Å²) in [7, 11) is 0. The molecule has 0 heterocycles. The Morgan fingerprint density at radius 3 is 2.11 bits per heavy atom. The average molecular weight is 495 g/mol. The van der Waals surface area contributed by atoms with Gasteiger partial charge in [0.2, 0.25) is 11.8 Å². The number of nitrogens with two attached hydrogens (primary N) is 3. The van der Waals surface area contributed by atoms with Crippen LogP contribution in [-0.4, -0.2) is 69.5 Å². The van der Waals surface area contributed by atoms with Gasteiger partial charge in [0.25, 0.3) is 5.69 Å². The Hall–Kier alpha value is -4.27. The van der Waals surface area contributed by atoms with Gasteiger partial charge in [-0.25, -0.2) is 4.79 Å². The molecular weight excluding hydrogens is 466 g/mol. The van der Waals surface area contributed by atoms with Crippen LogP contribution in [0.1, 0.15) is 31.2 Å². The van der Waals surface area contributed by atoms with Crippen molar-refractivity contribution >= 4 is 35.4 Å². The third-order valence-electron chi connectivity index (χ3n) is 4.79. The van der Waals surface area contributed by atoms with E-state index in [4.69, 9.17) is 22.3 Å². The summed E-state index contributed by atoms with van der Waals surface area (Å²) in [5.41, 5.74) is 16.5. The maximum Gasteiger partial charge on any atom is 0.326 e. The van der Waals surface area contributed by atoms with Crippen LogP contribution in [0.25, 0.3) is 0 Å². The number of carboxylic acid groups (broad SMARTS) is 2. The molecule has 1 rings (SSSR count). The van der Waals surface area contributed by atoms with Gasteiger partial charge in [-0.05, 0) is 24.8 Å². The second-order valence-corrected chi connectivity index (χ2v) is 7.58. The molecule has 0 unspecified atom stereocenters. The number of aliphatic imine (C=N–C) groups is 1. The maximum absolute atomic E-state index is 12.8. The van der Waals surface area contributed by atoms with Crippen LogP contribution >= 0.6 is 0 Å². The van der Waals surface area contributed by atoms with Crippen LogP contribution in [0.4, 0.5) is 5.69 Å². The molecule has 0 saturated carbocycles. The molecule has 0 radical (unpaired) electrons. The Bertz CT molecular complexity index is 947. The summed E-state index contributed by atoms with van der Waals surface area (Å²) in [4.78, 5) is 61.6. The van der Waals surface area contributed by atoms with Gasteiger partial charge in [0, 0.05) is 31.5 Å². The number of nitrogens with one attached hydrogen (secondary N) is 2. The fourth-order valence-corrected chi connectivity index (χ4v) is 2.92. The van der Waals surface area contributed by atoms with E-state index < -0.39 is 46.8 Å². The Morgan fingerprint density at radius 1 is 1.00 bits per heavy atom. The molecular formula is C20H29N7O8. The number of nitro benzene ring substituents is 1. The van der Waals surface area contributed by atoms with Gasteiger partial charge >= 0.3 is 11.9 Å². The summed E-state index contributed by atoms with van der Waals surface area (Å²) in [6.45, 7) is 0.137. The van der Waals surface area contributed by atoms with Crippen molar-refractivity contribution in [3.63, 3.8) is 0 Å². The van der Waals surface area contributed by atoms with Gasteiger partial charge in [-0.1, -0.05) is 12.1 Å². The van der Waals surface area contributed by atoms with E-state index in [9.17, 15) is 34.4 Å². The number of hydrogen-bond donors (Lipinski definition) is 7.